The molecule has 0 saturated carbocycles. The average molecular weight is 247 g/mol. The second kappa shape index (κ2) is 5.89. The third-order valence-electron chi connectivity index (χ3n) is 2.72. The Hall–Kier alpha value is -1.26. The second-order valence-corrected chi connectivity index (χ2v) is 5.11. The minimum Gasteiger partial charge on any atom is -0.300 e. The van der Waals surface area contributed by atoms with E-state index < -0.39 is 0 Å². The molecule has 0 fully saturated rings. The average Bonchev–Trinajstić information content (AvgIpc) is 2.74. The number of thiazole rings is 1. The van der Waals surface area contributed by atoms with Crippen molar-refractivity contribution < 1.29 is 0 Å². The van der Waals surface area contributed by atoms with Crippen molar-refractivity contribution >= 4 is 11.3 Å². The number of hydrogen-bond acceptors (Lipinski definition) is 4. The molecule has 3 nitrogen and oxygen atoms in total. The first-order valence-electron chi connectivity index (χ1n) is 5.73. The van der Waals surface area contributed by atoms with Gasteiger partial charge in [-0.25, -0.2) is 4.98 Å². The molecule has 0 aliphatic heterocycles. The maximum Gasteiger partial charge on any atom is 0.0797 e. The Morgan fingerprint density at radius 3 is 2.82 bits per heavy atom. The molecule has 0 spiro atoms. The predicted molar refractivity (Wildman–Crippen MR) is 71.1 cm³/mol. The monoisotopic (exact) mass is 247 g/mol. The van der Waals surface area contributed by atoms with E-state index in [4.69, 9.17) is 0 Å². The third-order valence-corrected chi connectivity index (χ3v) is 3.72. The topological polar surface area (TPSA) is 29.0 Å². The van der Waals surface area contributed by atoms with Crippen LogP contribution >= 0.6 is 11.3 Å². The van der Waals surface area contributed by atoms with Crippen LogP contribution in [0.3, 0.4) is 0 Å². The van der Waals surface area contributed by atoms with E-state index in [1.54, 1.807) is 11.3 Å². The minimum absolute atomic E-state index is 0.901. The van der Waals surface area contributed by atoms with E-state index in [1.807, 2.05) is 23.8 Å². The highest BCUT2D eigenvalue weighted by Crippen LogP contribution is 2.13. The van der Waals surface area contributed by atoms with Gasteiger partial charge >= 0.3 is 0 Å². The molecule has 0 atom stereocenters. The molecular formula is C13H17N3S. The van der Waals surface area contributed by atoms with Gasteiger partial charge in [-0.05, 0) is 32.5 Å². The van der Waals surface area contributed by atoms with Crippen molar-refractivity contribution in [2.75, 3.05) is 13.6 Å². The van der Waals surface area contributed by atoms with E-state index in [0.29, 0.717) is 0 Å². The van der Waals surface area contributed by atoms with Gasteiger partial charge in [0.05, 0.1) is 16.9 Å². The van der Waals surface area contributed by atoms with Gasteiger partial charge < -0.3 is 4.90 Å². The Balaban J connectivity index is 1.82. The summed E-state index contributed by atoms with van der Waals surface area (Å²) in [6.45, 7) is 4.02. The molecule has 0 amide bonds. The van der Waals surface area contributed by atoms with Gasteiger partial charge in [-0.2, -0.15) is 0 Å². The number of rotatable bonds is 5. The van der Waals surface area contributed by atoms with Gasteiger partial charge in [-0.3, -0.25) is 4.98 Å². The second-order valence-electron chi connectivity index (χ2n) is 4.17. The molecule has 0 bridgehead atoms. The van der Waals surface area contributed by atoms with Crippen molar-refractivity contribution in [1.29, 1.82) is 0 Å². The van der Waals surface area contributed by atoms with Crippen molar-refractivity contribution in [1.82, 2.24) is 14.9 Å². The van der Waals surface area contributed by atoms with Crippen molar-refractivity contribution in [3.8, 4) is 0 Å². The molecule has 0 aliphatic carbocycles. The van der Waals surface area contributed by atoms with Gasteiger partial charge in [-0.15, -0.1) is 11.3 Å². The minimum atomic E-state index is 0.901. The normalized spacial score (nSPS) is 11.0. The van der Waals surface area contributed by atoms with E-state index in [9.17, 15) is 0 Å². The van der Waals surface area contributed by atoms with Crippen molar-refractivity contribution in [3.63, 3.8) is 0 Å². The molecule has 2 heterocycles. The van der Waals surface area contributed by atoms with E-state index in [1.165, 1.54) is 10.6 Å². The lowest BCUT2D eigenvalue weighted by atomic mass is 10.3. The third kappa shape index (κ3) is 3.61. The maximum atomic E-state index is 4.33. The van der Waals surface area contributed by atoms with Crippen LogP contribution in [0.2, 0.25) is 0 Å². The van der Waals surface area contributed by atoms with Crippen molar-refractivity contribution in [3.05, 3.63) is 46.2 Å². The number of nitrogens with zero attached hydrogens (tertiary/aromatic N) is 3. The summed E-state index contributed by atoms with van der Waals surface area (Å²) in [6, 6.07) is 6.04. The standard InChI is InChI=1S/C13H17N3S/c1-11-13(17-10-15-11)6-8-16(2)9-12-5-3-4-7-14-12/h3-5,7,10H,6,8-9H2,1-2H3. The quantitative estimate of drug-likeness (QED) is 0.813. The molecule has 0 aliphatic rings. The molecular weight excluding hydrogens is 230 g/mol. The summed E-state index contributed by atoms with van der Waals surface area (Å²) in [7, 11) is 2.13. The fourth-order valence-corrected chi connectivity index (χ4v) is 2.48. The fourth-order valence-electron chi connectivity index (χ4n) is 1.71. The summed E-state index contributed by atoms with van der Waals surface area (Å²) in [6.07, 6.45) is 2.91. The van der Waals surface area contributed by atoms with Crippen LogP contribution in [0.4, 0.5) is 0 Å². The Labute approximate surface area is 106 Å². The number of aryl methyl sites for hydroxylation is 1. The first kappa shape index (κ1) is 12.2. The van der Waals surface area contributed by atoms with Crippen LogP contribution in [0.5, 0.6) is 0 Å². The van der Waals surface area contributed by atoms with Crippen LogP contribution in [0, 0.1) is 6.92 Å². The van der Waals surface area contributed by atoms with E-state index >= 15 is 0 Å². The first-order chi connectivity index (χ1) is 8.25. The van der Waals surface area contributed by atoms with Gasteiger partial charge in [-0.1, -0.05) is 6.07 Å². The molecule has 2 rings (SSSR count). The van der Waals surface area contributed by atoms with Gasteiger partial charge in [0.1, 0.15) is 0 Å². The largest absolute Gasteiger partial charge is 0.300 e. The van der Waals surface area contributed by atoms with Gasteiger partial charge in [0.15, 0.2) is 0 Å². The van der Waals surface area contributed by atoms with E-state index in [-0.39, 0.29) is 0 Å². The van der Waals surface area contributed by atoms with E-state index in [2.05, 4.69) is 34.9 Å². The van der Waals surface area contributed by atoms with Crippen LogP contribution in [-0.4, -0.2) is 28.5 Å². The zero-order chi connectivity index (χ0) is 12.1. The Morgan fingerprint density at radius 1 is 1.29 bits per heavy atom. The van der Waals surface area contributed by atoms with Gasteiger partial charge in [0, 0.05) is 24.2 Å². The molecule has 4 heteroatoms. The summed E-state index contributed by atoms with van der Waals surface area (Å²) in [5.41, 5.74) is 4.21. The lowest BCUT2D eigenvalue weighted by Crippen LogP contribution is -2.21. The lowest BCUT2D eigenvalue weighted by Gasteiger charge is -2.15. The Bertz CT molecular complexity index is 453. The zero-order valence-corrected chi connectivity index (χ0v) is 11.1. The fraction of sp³-hybridized carbons (Fsp3) is 0.385. The number of likely N-dealkylation sites (N-methyl/N-ethyl adjacent to an activating group) is 1. The molecule has 2 aromatic rings. The molecule has 90 valence electrons. The van der Waals surface area contributed by atoms with Crippen molar-refractivity contribution in [2.24, 2.45) is 0 Å². The highest BCUT2D eigenvalue weighted by atomic mass is 32.1. The molecule has 0 aromatic carbocycles. The zero-order valence-electron chi connectivity index (χ0n) is 10.3. The summed E-state index contributed by atoms with van der Waals surface area (Å²) < 4.78 is 0. The number of pyridine rings is 1. The van der Waals surface area contributed by atoms with Gasteiger partial charge in [0.2, 0.25) is 0 Å². The van der Waals surface area contributed by atoms with Crippen molar-refractivity contribution in [2.45, 2.75) is 19.9 Å². The van der Waals surface area contributed by atoms with Crippen LogP contribution in [0.1, 0.15) is 16.3 Å². The maximum absolute atomic E-state index is 4.33. The van der Waals surface area contributed by atoms with E-state index in [0.717, 1.165) is 25.2 Å². The summed E-state index contributed by atoms with van der Waals surface area (Å²) in [4.78, 5) is 12.3. The summed E-state index contributed by atoms with van der Waals surface area (Å²) in [5, 5.41) is 0. The molecule has 17 heavy (non-hydrogen) atoms. The molecule has 0 unspecified atom stereocenters. The smallest absolute Gasteiger partial charge is 0.0797 e. The number of aromatic nitrogens is 2. The lowest BCUT2D eigenvalue weighted by molar-refractivity contribution is 0.327. The summed E-state index contributed by atoms with van der Waals surface area (Å²) in [5.74, 6) is 0. The Kier molecular flexibility index (Phi) is 4.23. The highest BCUT2D eigenvalue weighted by molar-refractivity contribution is 7.09. The molecule has 0 radical (unpaired) electrons. The van der Waals surface area contributed by atoms with Crippen LogP contribution in [0.25, 0.3) is 0 Å². The first-order valence-corrected chi connectivity index (χ1v) is 6.61. The number of hydrogen-bond donors (Lipinski definition) is 0. The Morgan fingerprint density at radius 2 is 2.18 bits per heavy atom. The molecule has 2 aromatic heterocycles. The SMILES string of the molecule is Cc1ncsc1CCN(C)Cc1ccccn1. The van der Waals surface area contributed by atoms with Crippen LogP contribution < -0.4 is 0 Å². The van der Waals surface area contributed by atoms with Crippen LogP contribution in [-0.2, 0) is 13.0 Å². The summed E-state index contributed by atoms with van der Waals surface area (Å²) >= 11 is 1.74. The predicted octanol–water partition coefficient (Wildman–Crippen LogP) is 2.52. The molecule has 0 saturated heterocycles. The van der Waals surface area contributed by atoms with Gasteiger partial charge in [0.25, 0.3) is 0 Å². The van der Waals surface area contributed by atoms with Crippen LogP contribution in [0.15, 0.2) is 29.9 Å². The highest BCUT2D eigenvalue weighted by Gasteiger charge is 2.05. The molecule has 0 N–H and O–H groups in total.